The number of aromatic nitrogens is 4. The van der Waals surface area contributed by atoms with Crippen molar-refractivity contribution in [2.24, 2.45) is 0 Å². The number of carbonyl (C=O) groups is 1. The second kappa shape index (κ2) is 8.27. The van der Waals surface area contributed by atoms with Gasteiger partial charge in [-0.15, -0.1) is 0 Å². The molecule has 1 aliphatic heterocycles. The molecule has 4 aromatic rings. The van der Waals surface area contributed by atoms with Gasteiger partial charge in [-0.3, -0.25) is 4.90 Å². The van der Waals surface area contributed by atoms with Gasteiger partial charge in [-0.25, -0.2) is 9.48 Å². The molecule has 0 amide bonds. The molecular weight excluding hydrogens is 410 g/mol. The number of benzene rings is 2. The van der Waals surface area contributed by atoms with Gasteiger partial charge < -0.3 is 14.4 Å². The Morgan fingerprint density at radius 1 is 1.16 bits per heavy atom. The highest BCUT2D eigenvalue weighted by Crippen LogP contribution is 2.26. The van der Waals surface area contributed by atoms with Crippen LogP contribution in [0.15, 0.2) is 65.3 Å². The van der Waals surface area contributed by atoms with Crippen LogP contribution >= 0.6 is 0 Å². The maximum absolute atomic E-state index is 10.6. The van der Waals surface area contributed by atoms with Crippen LogP contribution in [0.5, 0.6) is 0 Å². The lowest BCUT2D eigenvalue weighted by atomic mass is 10.1. The Bertz CT molecular complexity index is 1230. The fourth-order valence-electron chi connectivity index (χ4n) is 3.79. The quantitative estimate of drug-likeness (QED) is 0.460. The van der Waals surface area contributed by atoms with Crippen LogP contribution in [0.3, 0.4) is 0 Å². The minimum Gasteiger partial charge on any atom is -0.450 e. The van der Waals surface area contributed by atoms with Crippen LogP contribution in [0, 0.1) is 6.92 Å². The molecule has 2 aromatic heterocycles. The van der Waals surface area contributed by atoms with E-state index in [1.807, 2.05) is 66.2 Å². The van der Waals surface area contributed by atoms with Gasteiger partial charge in [0, 0.05) is 25.2 Å². The molecule has 0 unspecified atom stereocenters. The Labute approximate surface area is 183 Å². The van der Waals surface area contributed by atoms with Gasteiger partial charge in [-0.1, -0.05) is 47.6 Å². The normalized spacial score (nSPS) is 14.3. The van der Waals surface area contributed by atoms with Gasteiger partial charge in [-0.05, 0) is 24.6 Å². The highest BCUT2D eigenvalue weighted by molar-refractivity contribution is 5.61. The molecule has 1 N–H and O–H groups in total. The predicted molar refractivity (Wildman–Crippen MR) is 115 cm³/mol. The van der Waals surface area contributed by atoms with E-state index in [4.69, 9.17) is 14.4 Å². The maximum atomic E-state index is 10.6. The summed E-state index contributed by atoms with van der Waals surface area (Å²) in [5.41, 5.74) is 4.65. The lowest BCUT2D eigenvalue weighted by molar-refractivity contribution is -0.0363. The van der Waals surface area contributed by atoms with Gasteiger partial charge >= 0.3 is 6.16 Å². The molecule has 5 rings (SSSR count). The summed E-state index contributed by atoms with van der Waals surface area (Å²) in [4.78, 5) is 17.2. The first-order valence-electron chi connectivity index (χ1n) is 10.2. The Kier molecular flexibility index (Phi) is 5.16. The Balaban J connectivity index is 1.26. The molecule has 9 nitrogen and oxygen atoms in total. The molecule has 0 saturated carbocycles. The molecule has 0 atom stereocenters. The molecule has 32 heavy (non-hydrogen) atoms. The highest BCUT2D eigenvalue weighted by atomic mass is 16.7. The number of carboxylic acid groups (broad SMARTS) is 1. The predicted octanol–water partition coefficient (Wildman–Crippen LogP) is 3.78. The van der Waals surface area contributed by atoms with Crippen LogP contribution in [0.2, 0.25) is 0 Å². The van der Waals surface area contributed by atoms with Crippen molar-refractivity contribution in [3.63, 3.8) is 0 Å². The Morgan fingerprint density at radius 3 is 2.62 bits per heavy atom. The van der Waals surface area contributed by atoms with Gasteiger partial charge in [0.05, 0.1) is 23.1 Å². The SMILES string of the molecule is Cc1c(-c2nc(-c3ccc(CN4CC(OC(=O)O)C4)cc3)no2)cnn1-c1ccccc1. The molecule has 0 spiro atoms. The number of likely N-dealkylation sites (tertiary alicyclic amines) is 1. The monoisotopic (exact) mass is 431 g/mol. The van der Waals surface area contributed by atoms with E-state index in [2.05, 4.69) is 20.1 Å². The van der Waals surface area contributed by atoms with Crippen LogP contribution < -0.4 is 0 Å². The van der Waals surface area contributed by atoms with Crippen LogP contribution in [-0.4, -0.2) is 55.3 Å². The Hall–Kier alpha value is -3.98. The summed E-state index contributed by atoms with van der Waals surface area (Å²) in [6.45, 7) is 3.92. The second-order valence-corrected chi connectivity index (χ2v) is 7.71. The van der Waals surface area contributed by atoms with Crippen LogP contribution in [0.4, 0.5) is 4.79 Å². The van der Waals surface area contributed by atoms with Gasteiger partial charge in [0.1, 0.15) is 6.10 Å². The van der Waals surface area contributed by atoms with Crippen LogP contribution in [0.1, 0.15) is 11.3 Å². The first-order chi connectivity index (χ1) is 15.6. The molecule has 1 aliphatic rings. The van der Waals surface area contributed by atoms with E-state index in [9.17, 15) is 4.79 Å². The molecule has 2 aromatic carbocycles. The zero-order chi connectivity index (χ0) is 22.1. The number of ether oxygens (including phenoxy) is 1. The van der Waals surface area contributed by atoms with Crippen LogP contribution in [-0.2, 0) is 11.3 Å². The third kappa shape index (κ3) is 3.97. The van der Waals surface area contributed by atoms with Crippen molar-refractivity contribution in [3.05, 3.63) is 72.1 Å². The zero-order valence-corrected chi connectivity index (χ0v) is 17.4. The summed E-state index contributed by atoms with van der Waals surface area (Å²) >= 11 is 0. The summed E-state index contributed by atoms with van der Waals surface area (Å²) in [5, 5.41) is 17.2. The minimum absolute atomic E-state index is 0.237. The molecular formula is C23H21N5O4. The third-order valence-electron chi connectivity index (χ3n) is 5.48. The number of nitrogens with zero attached hydrogens (tertiary/aromatic N) is 5. The van der Waals surface area contributed by atoms with Crippen LogP contribution in [0.25, 0.3) is 28.5 Å². The molecule has 162 valence electrons. The number of para-hydroxylation sites is 1. The summed E-state index contributed by atoms with van der Waals surface area (Å²) in [7, 11) is 0. The van der Waals surface area contributed by atoms with Crippen molar-refractivity contribution in [3.8, 4) is 28.5 Å². The summed E-state index contributed by atoms with van der Waals surface area (Å²) in [6.07, 6.45) is 0.275. The fourth-order valence-corrected chi connectivity index (χ4v) is 3.79. The fraction of sp³-hybridized carbons (Fsp3) is 0.217. The first kappa shape index (κ1) is 20.0. The summed E-state index contributed by atoms with van der Waals surface area (Å²) in [6, 6.07) is 17.8. The summed E-state index contributed by atoms with van der Waals surface area (Å²) in [5.74, 6) is 0.936. The van der Waals surface area contributed by atoms with E-state index in [1.54, 1.807) is 6.20 Å². The van der Waals surface area contributed by atoms with Crippen molar-refractivity contribution in [1.29, 1.82) is 0 Å². The van der Waals surface area contributed by atoms with Crippen molar-refractivity contribution in [2.45, 2.75) is 19.6 Å². The van der Waals surface area contributed by atoms with Gasteiger partial charge in [-0.2, -0.15) is 10.1 Å². The zero-order valence-electron chi connectivity index (χ0n) is 17.4. The standard InChI is InChI=1S/C23H21N5O4/c1-15-20(11-24-28(15)18-5-3-2-4-6-18)22-25-21(26-32-22)17-9-7-16(8-10-17)12-27-13-19(14-27)31-23(29)30/h2-11,19H,12-14H2,1H3,(H,29,30). The molecule has 9 heteroatoms. The van der Waals surface area contributed by atoms with Crippen molar-refractivity contribution < 1.29 is 19.2 Å². The Morgan fingerprint density at radius 2 is 1.91 bits per heavy atom. The van der Waals surface area contributed by atoms with Crippen molar-refractivity contribution in [2.75, 3.05) is 13.1 Å². The van der Waals surface area contributed by atoms with Gasteiger partial charge in [0.2, 0.25) is 5.82 Å². The van der Waals surface area contributed by atoms with E-state index < -0.39 is 6.16 Å². The first-order valence-corrected chi connectivity index (χ1v) is 10.2. The summed E-state index contributed by atoms with van der Waals surface area (Å²) < 4.78 is 12.1. The van der Waals surface area contributed by atoms with E-state index >= 15 is 0 Å². The number of rotatable bonds is 6. The molecule has 0 bridgehead atoms. The van der Waals surface area contributed by atoms with E-state index in [-0.39, 0.29) is 6.10 Å². The minimum atomic E-state index is -1.22. The number of hydrogen-bond donors (Lipinski definition) is 1. The lowest BCUT2D eigenvalue weighted by Crippen LogP contribution is -2.52. The van der Waals surface area contributed by atoms with Crippen molar-refractivity contribution in [1.82, 2.24) is 24.8 Å². The lowest BCUT2D eigenvalue weighted by Gasteiger charge is -2.37. The van der Waals surface area contributed by atoms with E-state index in [1.165, 1.54) is 0 Å². The molecule has 0 aliphatic carbocycles. The average Bonchev–Trinajstić information content (AvgIpc) is 3.40. The largest absolute Gasteiger partial charge is 0.506 e. The molecule has 0 radical (unpaired) electrons. The van der Waals surface area contributed by atoms with Gasteiger partial charge in [0.25, 0.3) is 5.89 Å². The van der Waals surface area contributed by atoms with Crippen molar-refractivity contribution >= 4 is 6.16 Å². The molecule has 1 fully saturated rings. The molecule has 3 heterocycles. The molecule has 1 saturated heterocycles. The topological polar surface area (TPSA) is 107 Å². The number of hydrogen-bond acceptors (Lipinski definition) is 7. The third-order valence-corrected chi connectivity index (χ3v) is 5.48. The highest BCUT2D eigenvalue weighted by Gasteiger charge is 2.29. The van der Waals surface area contributed by atoms with E-state index in [0.29, 0.717) is 24.8 Å². The smallest absolute Gasteiger partial charge is 0.450 e. The average molecular weight is 431 g/mol. The maximum Gasteiger partial charge on any atom is 0.506 e. The second-order valence-electron chi connectivity index (χ2n) is 7.71. The van der Waals surface area contributed by atoms with Gasteiger partial charge in [0.15, 0.2) is 0 Å². The van der Waals surface area contributed by atoms with E-state index in [0.717, 1.165) is 34.6 Å².